The van der Waals surface area contributed by atoms with Crippen molar-refractivity contribution in [2.24, 2.45) is 11.3 Å². The zero-order chi connectivity index (χ0) is 17.1. The third-order valence-corrected chi connectivity index (χ3v) is 7.31. The molecule has 0 aromatic rings. The first-order valence-electron chi connectivity index (χ1n) is 8.23. The lowest BCUT2D eigenvalue weighted by Crippen LogP contribution is -2.50. The van der Waals surface area contributed by atoms with Crippen LogP contribution in [0.4, 0.5) is 0 Å². The van der Waals surface area contributed by atoms with Crippen LogP contribution in [0.3, 0.4) is 0 Å². The summed E-state index contributed by atoms with van der Waals surface area (Å²) in [5.41, 5.74) is 0.169. The van der Waals surface area contributed by atoms with E-state index in [1.165, 1.54) is 4.31 Å². The van der Waals surface area contributed by atoms with Crippen LogP contribution in [0.1, 0.15) is 12.8 Å². The predicted octanol–water partition coefficient (Wildman–Crippen LogP) is 0.0996. The molecule has 0 bridgehead atoms. The average molecular weight is 349 g/mol. The van der Waals surface area contributed by atoms with Crippen LogP contribution in [-0.2, 0) is 19.7 Å². The maximum atomic E-state index is 12.3. The molecule has 0 radical (unpaired) electrons. The molecular formula is C15H31N3O4S. The molecule has 1 unspecified atom stereocenters. The maximum Gasteiger partial charge on any atom is 0.281 e. The molecule has 2 aliphatic heterocycles. The molecule has 2 rings (SSSR count). The van der Waals surface area contributed by atoms with Gasteiger partial charge in [0.15, 0.2) is 0 Å². The van der Waals surface area contributed by atoms with Crippen LogP contribution in [0.15, 0.2) is 0 Å². The number of ether oxygens (including phenoxy) is 2. The third-order valence-electron chi connectivity index (χ3n) is 5.37. The summed E-state index contributed by atoms with van der Waals surface area (Å²) in [5, 5.41) is 0. The highest BCUT2D eigenvalue weighted by Crippen LogP contribution is 2.45. The second-order valence-electron chi connectivity index (χ2n) is 6.93. The van der Waals surface area contributed by atoms with E-state index in [1.54, 1.807) is 32.6 Å². The van der Waals surface area contributed by atoms with E-state index in [-0.39, 0.29) is 5.41 Å². The molecule has 0 N–H and O–H groups in total. The Hall–Kier alpha value is -0.250. The smallest absolute Gasteiger partial charge is 0.281 e. The number of likely N-dealkylation sites (tertiary alicyclic amines) is 1. The summed E-state index contributed by atoms with van der Waals surface area (Å²) in [6.45, 7) is 5.62. The van der Waals surface area contributed by atoms with E-state index in [0.717, 1.165) is 45.7 Å². The Morgan fingerprint density at radius 2 is 1.83 bits per heavy atom. The minimum atomic E-state index is -3.30. The summed E-state index contributed by atoms with van der Waals surface area (Å²) in [6, 6.07) is 0. The van der Waals surface area contributed by atoms with Crippen molar-refractivity contribution >= 4 is 10.2 Å². The van der Waals surface area contributed by atoms with Gasteiger partial charge >= 0.3 is 0 Å². The monoisotopic (exact) mass is 349 g/mol. The van der Waals surface area contributed by atoms with E-state index in [4.69, 9.17) is 9.47 Å². The fourth-order valence-corrected chi connectivity index (χ4v) is 5.03. The number of methoxy groups -OCH3 is 2. The number of hydrogen-bond acceptors (Lipinski definition) is 5. The van der Waals surface area contributed by atoms with Gasteiger partial charge in [0.05, 0.1) is 13.2 Å². The summed E-state index contributed by atoms with van der Waals surface area (Å²) in [5.74, 6) is 0.466. The van der Waals surface area contributed by atoms with Crippen molar-refractivity contribution in [3.8, 4) is 0 Å². The van der Waals surface area contributed by atoms with E-state index in [1.807, 2.05) is 0 Å². The summed E-state index contributed by atoms with van der Waals surface area (Å²) in [6.07, 6.45) is 1.80. The average Bonchev–Trinajstić information content (AvgIpc) is 2.83. The van der Waals surface area contributed by atoms with Crippen LogP contribution in [0.25, 0.3) is 0 Å². The van der Waals surface area contributed by atoms with Crippen molar-refractivity contribution in [2.45, 2.75) is 12.8 Å². The van der Waals surface area contributed by atoms with Crippen LogP contribution >= 0.6 is 0 Å². The predicted molar refractivity (Wildman–Crippen MR) is 89.5 cm³/mol. The van der Waals surface area contributed by atoms with Gasteiger partial charge in [-0.1, -0.05) is 0 Å². The van der Waals surface area contributed by atoms with Gasteiger partial charge in [0, 0.05) is 67.0 Å². The van der Waals surface area contributed by atoms with Gasteiger partial charge in [0.25, 0.3) is 10.2 Å². The van der Waals surface area contributed by atoms with Crippen molar-refractivity contribution in [2.75, 3.05) is 74.3 Å². The molecule has 7 nitrogen and oxygen atoms in total. The number of piperidine rings is 1. The quantitative estimate of drug-likeness (QED) is 0.652. The molecule has 2 heterocycles. The van der Waals surface area contributed by atoms with E-state index in [2.05, 4.69) is 4.90 Å². The second-order valence-corrected chi connectivity index (χ2v) is 9.07. The highest BCUT2D eigenvalue weighted by molar-refractivity contribution is 7.86. The number of rotatable bonds is 7. The van der Waals surface area contributed by atoms with Crippen LogP contribution in [0.5, 0.6) is 0 Å². The van der Waals surface area contributed by atoms with Crippen molar-refractivity contribution < 1.29 is 17.9 Å². The molecule has 2 saturated heterocycles. The molecule has 0 amide bonds. The van der Waals surface area contributed by atoms with Crippen molar-refractivity contribution in [1.29, 1.82) is 0 Å². The van der Waals surface area contributed by atoms with E-state index in [0.29, 0.717) is 19.0 Å². The Labute approximate surface area is 140 Å². The minimum absolute atomic E-state index is 0.169. The van der Waals surface area contributed by atoms with Crippen molar-refractivity contribution in [1.82, 2.24) is 13.5 Å². The van der Waals surface area contributed by atoms with Gasteiger partial charge < -0.3 is 14.4 Å². The fourth-order valence-electron chi connectivity index (χ4n) is 3.93. The summed E-state index contributed by atoms with van der Waals surface area (Å²) in [7, 11) is 3.36. The lowest BCUT2D eigenvalue weighted by Gasteiger charge is -2.42. The lowest BCUT2D eigenvalue weighted by atomic mass is 9.71. The molecule has 8 heteroatoms. The third kappa shape index (κ3) is 4.05. The highest BCUT2D eigenvalue weighted by atomic mass is 32.2. The molecule has 0 aliphatic carbocycles. The van der Waals surface area contributed by atoms with Gasteiger partial charge in [-0.2, -0.15) is 17.0 Å². The Morgan fingerprint density at radius 3 is 2.35 bits per heavy atom. The van der Waals surface area contributed by atoms with Crippen LogP contribution in [0.2, 0.25) is 0 Å². The zero-order valence-electron chi connectivity index (χ0n) is 14.8. The molecule has 136 valence electrons. The van der Waals surface area contributed by atoms with Crippen LogP contribution < -0.4 is 0 Å². The number of nitrogens with zero attached hydrogens (tertiary/aromatic N) is 3. The van der Waals surface area contributed by atoms with Gasteiger partial charge in [-0.15, -0.1) is 0 Å². The van der Waals surface area contributed by atoms with Crippen molar-refractivity contribution in [3.05, 3.63) is 0 Å². The van der Waals surface area contributed by atoms with Gasteiger partial charge in [0.2, 0.25) is 0 Å². The first-order valence-corrected chi connectivity index (χ1v) is 9.63. The SMILES string of the molecule is COCCN1CC(COC)C2(CCN(S(=O)(=O)N(C)C)CC2)C1. The first-order chi connectivity index (χ1) is 10.9. The Kier molecular flexibility index (Phi) is 6.43. The molecule has 2 aliphatic rings. The normalized spacial score (nSPS) is 26.4. The van der Waals surface area contributed by atoms with E-state index < -0.39 is 10.2 Å². The summed E-state index contributed by atoms with van der Waals surface area (Å²) >= 11 is 0. The topological polar surface area (TPSA) is 62.3 Å². The Morgan fingerprint density at radius 1 is 1.17 bits per heavy atom. The van der Waals surface area contributed by atoms with Crippen molar-refractivity contribution in [3.63, 3.8) is 0 Å². The minimum Gasteiger partial charge on any atom is -0.384 e. The van der Waals surface area contributed by atoms with Crippen LogP contribution in [0, 0.1) is 11.3 Å². The second kappa shape index (κ2) is 7.76. The van der Waals surface area contributed by atoms with Crippen LogP contribution in [-0.4, -0.2) is 96.2 Å². The molecule has 0 aromatic carbocycles. The maximum absolute atomic E-state index is 12.3. The lowest BCUT2D eigenvalue weighted by molar-refractivity contribution is 0.0556. The van der Waals surface area contributed by atoms with E-state index >= 15 is 0 Å². The largest absolute Gasteiger partial charge is 0.384 e. The van der Waals surface area contributed by atoms with Gasteiger partial charge in [0.1, 0.15) is 0 Å². The molecule has 1 spiro atoms. The molecular weight excluding hydrogens is 318 g/mol. The highest BCUT2D eigenvalue weighted by Gasteiger charge is 2.49. The van der Waals surface area contributed by atoms with Gasteiger partial charge in [-0.05, 0) is 18.3 Å². The molecule has 23 heavy (non-hydrogen) atoms. The molecule has 2 fully saturated rings. The van der Waals surface area contributed by atoms with Gasteiger partial charge in [-0.3, -0.25) is 0 Å². The molecule has 0 aromatic heterocycles. The summed E-state index contributed by atoms with van der Waals surface area (Å²) < 4.78 is 38.2. The molecule has 0 saturated carbocycles. The summed E-state index contributed by atoms with van der Waals surface area (Å²) in [4.78, 5) is 2.43. The molecule has 1 atom stereocenters. The zero-order valence-corrected chi connectivity index (χ0v) is 15.6. The Bertz CT molecular complexity index is 475. The Balaban J connectivity index is 2.04. The standard InChI is InChI=1S/C15H31N3O4S/c1-16(2)23(19,20)18-7-5-15(6-8-18)13-17(9-10-21-3)11-14(15)12-22-4/h14H,5-13H2,1-4H3. The van der Waals surface area contributed by atoms with E-state index in [9.17, 15) is 8.42 Å². The first kappa shape index (κ1) is 19.1. The number of hydrogen-bond donors (Lipinski definition) is 0. The van der Waals surface area contributed by atoms with Gasteiger partial charge in [-0.25, -0.2) is 0 Å². The fraction of sp³-hybridized carbons (Fsp3) is 1.00.